The van der Waals surface area contributed by atoms with Gasteiger partial charge >= 0.3 is 12.0 Å². The Morgan fingerprint density at radius 1 is 1.35 bits per heavy atom. The summed E-state index contributed by atoms with van der Waals surface area (Å²) in [4.78, 5) is 33.0. The van der Waals surface area contributed by atoms with Gasteiger partial charge in [-0.15, -0.1) is 0 Å². The fraction of sp³-hybridized carbons (Fsp3) is 0.167. The number of pyridine rings is 1. The fourth-order valence-corrected chi connectivity index (χ4v) is 1.54. The highest BCUT2D eigenvalue weighted by Crippen LogP contribution is 2.08. The van der Waals surface area contributed by atoms with Crippen molar-refractivity contribution in [1.82, 2.24) is 20.3 Å². The smallest absolute Gasteiger partial charge is 0.354 e. The number of urea groups is 1. The lowest BCUT2D eigenvalue weighted by Crippen LogP contribution is -2.31. The van der Waals surface area contributed by atoms with E-state index in [0.717, 1.165) is 0 Å². The summed E-state index contributed by atoms with van der Waals surface area (Å²) in [6, 6.07) is 2.07. The molecule has 1 atom stereocenters. The maximum atomic E-state index is 11.7. The van der Waals surface area contributed by atoms with Gasteiger partial charge in [-0.1, -0.05) is 0 Å². The number of hydrogen-bond donors (Lipinski definition) is 4. The highest BCUT2D eigenvalue weighted by atomic mass is 16.4. The molecule has 0 fully saturated rings. The third kappa shape index (κ3) is 3.31. The Bertz CT molecular complexity index is 594. The minimum absolute atomic E-state index is 0.0834. The third-order valence-corrected chi connectivity index (χ3v) is 2.52. The summed E-state index contributed by atoms with van der Waals surface area (Å²) in [5.74, 6) is -0.480. The first kappa shape index (κ1) is 13.5. The Morgan fingerprint density at radius 2 is 2.15 bits per heavy atom. The molecule has 0 saturated heterocycles. The van der Waals surface area contributed by atoms with Crippen LogP contribution in [-0.2, 0) is 0 Å². The molecule has 2 rings (SSSR count). The average Bonchev–Trinajstić information content (AvgIpc) is 2.93. The van der Waals surface area contributed by atoms with Crippen molar-refractivity contribution in [3.8, 4) is 0 Å². The van der Waals surface area contributed by atoms with Crippen LogP contribution < -0.4 is 10.6 Å². The second kappa shape index (κ2) is 5.83. The number of aromatic amines is 1. The molecule has 2 aromatic heterocycles. The average molecular weight is 275 g/mol. The molecule has 2 amide bonds. The summed E-state index contributed by atoms with van der Waals surface area (Å²) < 4.78 is 0. The van der Waals surface area contributed by atoms with E-state index in [-0.39, 0.29) is 11.7 Å². The van der Waals surface area contributed by atoms with Gasteiger partial charge in [0.25, 0.3) is 0 Å². The van der Waals surface area contributed by atoms with Gasteiger partial charge in [-0.3, -0.25) is 0 Å². The predicted octanol–water partition coefficient (Wildman–Crippen LogP) is 1.39. The molecule has 0 bridgehead atoms. The molecule has 0 aliphatic rings. The molecule has 2 heterocycles. The molecule has 0 aliphatic carbocycles. The Kier molecular flexibility index (Phi) is 3.94. The summed E-state index contributed by atoms with van der Waals surface area (Å²) in [7, 11) is 0. The minimum atomic E-state index is -1.12. The van der Waals surface area contributed by atoms with Gasteiger partial charge in [0.05, 0.1) is 17.9 Å². The van der Waals surface area contributed by atoms with E-state index < -0.39 is 12.0 Å². The number of nitrogens with one attached hydrogen (secondary N) is 3. The van der Waals surface area contributed by atoms with Crippen molar-refractivity contribution >= 4 is 17.7 Å². The van der Waals surface area contributed by atoms with Crippen LogP contribution in [0.15, 0.2) is 30.7 Å². The zero-order valence-corrected chi connectivity index (χ0v) is 10.6. The lowest BCUT2D eigenvalue weighted by Gasteiger charge is -2.12. The van der Waals surface area contributed by atoms with Crippen LogP contribution in [-0.4, -0.2) is 32.1 Å². The molecule has 8 nitrogen and oxygen atoms in total. The largest absolute Gasteiger partial charge is 0.477 e. The number of rotatable bonds is 4. The third-order valence-electron chi connectivity index (χ3n) is 2.52. The number of H-pyrrole nitrogens is 1. The summed E-state index contributed by atoms with van der Waals surface area (Å²) in [5.41, 5.74) is 0.319. The van der Waals surface area contributed by atoms with E-state index in [0.29, 0.717) is 11.5 Å². The van der Waals surface area contributed by atoms with Crippen molar-refractivity contribution in [2.24, 2.45) is 0 Å². The normalized spacial score (nSPS) is 11.7. The number of aromatic carboxylic acids is 1. The number of hydrogen-bond acceptors (Lipinski definition) is 4. The van der Waals surface area contributed by atoms with Gasteiger partial charge in [0.15, 0.2) is 0 Å². The van der Waals surface area contributed by atoms with Gasteiger partial charge in [-0.2, -0.15) is 0 Å². The number of imidazole rings is 1. The maximum absolute atomic E-state index is 11.7. The zero-order valence-electron chi connectivity index (χ0n) is 10.6. The number of carbonyl (C=O) groups is 2. The van der Waals surface area contributed by atoms with E-state index in [1.165, 1.54) is 18.3 Å². The number of aromatic nitrogens is 3. The predicted molar refractivity (Wildman–Crippen MR) is 70.4 cm³/mol. The van der Waals surface area contributed by atoms with Gasteiger partial charge in [-0.25, -0.2) is 19.6 Å². The van der Waals surface area contributed by atoms with Crippen molar-refractivity contribution in [1.29, 1.82) is 0 Å². The minimum Gasteiger partial charge on any atom is -0.477 e. The lowest BCUT2D eigenvalue weighted by atomic mass is 10.3. The van der Waals surface area contributed by atoms with Crippen LogP contribution in [0, 0.1) is 0 Å². The lowest BCUT2D eigenvalue weighted by molar-refractivity contribution is 0.0690. The number of carbonyl (C=O) groups excluding carboxylic acids is 1. The number of carboxylic acids is 1. The Hall–Kier alpha value is -2.90. The monoisotopic (exact) mass is 275 g/mol. The van der Waals surface area contributed by atoms with Crippen molar-refractivity contribution in [3.05, 3.63) is 42.2 Å². The molecule has 2 aromatic rings. The van der Waals surface area contributed by atoms with Crippen molar-refractivity contribution in [2.75, 3.05) is 5.32 Å². The van der Waals surface area contributed by atoms with Crippen molar-refractivity contribution in [3.63, 3.8) is 0 Å². The number of anilines is 1. The number of carboxylic acid groups (broad SMARTS) is 1. The molecule has 20 heavy (non-hydrogen) atoms. The number of amides is 2. The Balaban J connectivity index is 1.92. The van der Waals surface area contributed by atoms with Crippen LogP contribution in [0.1, 0.15) is 29.3 Å². The van der Waals surface area contributed by atoms with Crippen molar-refractivity contribution in [2.45, 2.75) is 13.0 Å². The molecular formula is C12H13N5O3. The first-order chi connectivity index (χ1) is 9.56. The van der Waals surface area contributed by atoms with E-state index in [2.05, 4.69) is 25.6 Å². The van der Waals surface area contributed by atoms with Crippen LogP contribution in [0.4, 0.5) is 10.5 Å². The topological polar surface area (TPSA) is 120 Å². The Labute approximate surface area is 114 Å². The van der Waals surface area contributed by atoms with Gasteiger partial charge in [0.1, 0.15) is 11.5 Å². The molecular weight excluding hydrogens is 262 g/mol. The van der Waals surface area contributed by atoms with Gasteiger partial charge in [-0.05, 0) is 19.1 Å². The molecule has 8 heteroatoms. The fourth-order valence-electron chi connectivity index (χ4n) is 1.54. The Morgan fingerprint density at radius 3 is 2.70 bits per heavy atom. The highest BCUT2D eigenvalue weighted by molar-refractivity contribution is 5.90. The van der Waals surface area contributed by atoms with Gasteiger partial charge < -0.3 is 20.7 Å². The van der Waals surface area contributed by atoms with Gasteiger partial charge in [0, 0.05) is 12.4 Å². The molecule has 4 N–H and O–H groups in total. The molecule has 0 aliphatic heterocycles. The molecule has 0 saturated carbocycles. The van der Waals surface area contributed by atoms with Crippen molar-refractivity contribution < 1.29 is 14.7 Å². The summed E-state index contributed by atoms with van der Waals surface area (Å²) >= 11 is 0. The van der Waals surface area contributed by atoms with E-state index in [1.54, 1.807) is 19.3 Å². The summed E-state index contributed by atoms with van der Waals surface area (Å²) in [6.45, 7) is 1.78. The van der Waals surface area contributed by atoms with Crippen LogP contribution in [0.2, 0.25) is 0 Å². The molecule has 0 radical (unpaired) electrons. The zero-order chi connectivity index (χ0) is 14.5. The SMILES string of the molecule is CC(NC(=O)Nc1ccc(C(=O)O)nc1)c1ncc[nH]1. The van der Waals surface area contributed by atoms with Crippen LogP contribution in [0.3, 0.4) is 0 Å². The first-order valence-electron chi connectivity index (χ1n) is 5.82. The summed E-state index contributed by atoms with van der Waals surface area (Å²) in [6.07, 6.45) is 4.54. The number of nitrogens with zero attached hydrogens (tertiary/aromatic N) is 2. The maximum Gasteiger partial charge on any atom is 0.354 e. The second-order valence-corrected chi connectivity index (χ2v) is 4.03. The molecule has 104 valence electrons. The van der Waals surface area contributed by atoms with Crippen LogP contribution >= 0.6 is 0 Å². The van der Waals surface area contributed by atoms with E-state index in [1.807, 2.05) is 0 Å². The first-order valence-corrected chi connectivity index (χ1v) is 5.82. The quantitative estimate of drug-likeness (QED) is 0.672. The van der Waals surface area contributed by atoms with E-state index in [4.69, 9.17) is 5.11 Å². The highest BCUT2D eigenvalue weighted by Gasteiger charge is 2.11. The van der Waals surface area contributed by atoms with Crippen LogP contribution in [0.25, 0.3) is 0 Å². The molecule has 0 spiro atoms. The van der Waals surface area contributed by atoms with Gasteiger partial charge in [0.2, 0.25) is 0 Å². The van der Waals surface area contributed by atoms with E-state index >= 15 is 0 Å². The van der Waals surface area contributed by atoms with Crippen LogP contribution in [0.5, 0.6) is 0 Å². The molecule has 0 aromatic carbocycles. The van der Waals surface area contributed by atoms with E-state index in [9.17, 15) is 9.59 Å². The second-order valence-electron chi connectivity index (χ2n) is 4.03. The standard InChI is InChI=1S/C12H13N5O3/c1-7(10-13-4-5-14-10)16-12(20)17-8-2-3-9(11(18)19)15-6-8/h2-7H,1H3,(H,13,14)(H,18,19)(H2,16,17,20). The molecule has 1 unspecified atom stereocenters. The summed E-state index contributed by atoms with van der Waals surface area (Å²) in [5, 5.41) is 13.9.